The van der Waals surface area contributed by atoms with Gasteiger partial charge in [0.25, 0.3) is 0 Å². The van der Waals surface area contributed by atoms with Gasteiger partial charge in [0, 0.05) is 24.8 Å². The molecule has 5 nitrogen and oxygen atoms in total. The van der Waals surface area contributed by atoms with Crippen molar-refractivity contribution in [3.8, 4) is 0 Å². The molecule has 2 aromatic rings. The monoisotopic (exact) mass is 317 g/mol. The number of aromatic nitrogens is 4. The molecule has 0 radical (unpaired) electrons. The van der Waals surface area contributed by atoms with Crippen molar-refractivity contribution in [2.75, 3.05) is 13.1 Å². The quantitative estimate of drug-likeness (QED) is 0.870. The van der Waals surface area contributed by atoms with Gasteiger partial charge in [-0.3, -0.25) is 4.90 Å². The minimum atomic E-state index is 0.591. The third-order valence-electron chi connectivity index (χ3n) is 4.87. The van der Waals surface area contributed by atoms with E-state index in [9.17, 15) is 0 Å². The zero-order chi connectivity index (χ0) is 14.9. The molecule has 1 aliphatic carbocycles. The first kappa shape index (κ1) is 14.3. The second-order valence-corrected chi connectivity index (χ2v) is 7.52. The van der Waals surface area contributed by atoms with E-state index in [-0.39, 0.29) is 0 Å². The number of aryl methyl sites for hydroxylation is 2. The summed E-state index contributed by atoms with van der Waals surface area (Å²) in [6, 6.07) is 0.591. The lowest BCUT2D eigenvalue weighted by Crippen LogP contribution is -2.22. The van der Waals surface area contributed by atoms with Gasteiger partial charge in [0.05, 0.1) is 18.6 Å². The van der Waals surface area contributed by atoms with Crippen molar-refractivity contribution in [1.29, 1.82) is 0 Å². The summed E-state index contributed by atoms with van der Waals surface area (Å²) in [6.07, 6.45) is 9.30. The molecular weight excluding hydrogens is 294 g/mol. The summed E-state index contributed by atoms with van der Waals surface area (Å²) >= 11 is 1.76. The van der Waals surface area contributed by atoms with Crippen molar-refractivity contribution in [2.24, 2.45) is 0 Å². The summed E-state index contributed by atoms with van der Waals surface area (Å²) in [5.41, 5.74) is 2.85. The Morgan fingerprint density at radius 2 is 2.09 bits per heavy atom. The van der Waals surface area contributed by atoms with Gasteiger partial charge in [0.2, 0.25) is 0 Å². The molecule has 22 heavy (non-hydrogen) atoms. The van der Waals surface area contributed by atoms with Crippen LogP contribution in [0.3, 0.4) is 0 Å². The molecule has 0 spiro atoms. The number of fused-ring (bicyclic) bond motifs is 1. The molecule has 0 unspecified atom stereocenters. The maximum absolute atomic E-state index is 4.65. The average molecular weight is 317 g/mol. The van der Waals surface area contributed by atoms with Gasteiger partial charge in [0.15, 0.2) is 0 Å². The lowest BCUT2D eigenvalue weighted by molar-refractivity contribution is 0.313. The van der Waals surface area contributed by atoms with Crippen LogP contribution in [-0.2, 0) is 25.8 Å². The van der Waals surface area contributed by atoms with Crippen LogP contribution in [0.25, 0.3) is 0 Å². The van der Waals surface area contributed by atoms with E-state index in [4.69, 9.17) is 0 Å². The highest BCUT2D eigenvalue weighted by molar-refractivity contribution is 7.11. The topological polar surface area (TPSA) is 46.8 Å². The van der Waals surface area contributed by atoms with Crippen LogP contribution in [0.5, 0.6) is 0 Å². The molecule has 3 heterocycles. The minimum absolute atomic E-state index is 0.591. The number of likely N-dealkylation sites (tertiary alicyclic amines) is 1. The molecule has 2 aliphatic rings. The zero-order valence-electron chi connectivity index (χ0n) is 13.2. The predicted octanol–water partition coefficient (Wildman–Crippen LogP) is 2.62. The van der Waals surface area contributed by atoms with Gasteiger partial charge in [0.1, 0.15) is 10.0 Å². The van der Waals surface area contributed by atoms with E-state index in [1.54, 1.807) is 11.3 Å². The molecule has 118 valence electrons. The standard InChI is InChI=1S/C16H23N5S/c1-2-15-18-19-16(22-15)10-20-8-7-12(9-20)21-11-17-13-5-3-4-6-14(13)21/h11-12H,2-10H2,1H3/t12-/m1/s1. The van der Waals surface area contributed by atoms with Crippen molar-refractivity contribution < 1.29 is 0 Å². The van der Waals surface area contributed by atoms with Crippen molar-refractivity contribution in [2.45, 2.75) is 58.0 Å². The van der Waals surface area contributed by atoms with Crippen molar-refractivity contribution in [1.82, 2.24) is 24.6 Å². The second kappa shape index (κ2) is 6.08. The van der Waals surface area contributed by atoms with Crippen LogP contribution in [0.15, 0.2) is 6.33 Å². The van der Waals surface area contributed by atoms with Gasteiger partial charge in [-0.2, -0.15) is 0 Å². The highest BCUT2D eigenvalue weighted by atomic mass is 32.1. The Balaban J connectivity index is 1.43. The van der Waals surface area contributed by atoms with E-state index < -0.39 is 0 Å². The first-order chi connectivity index (χ1) is 10.8. The summed E-state index contributed by atoms with van der Waals surface area (Å²) < 4.78 is 2.46. The molecule has 6 heteroatoms. The van der Waals surface area contributed by atoms with E-state index in [2.05, 4.69) is 37.9 Å². The highest BCUT2D eigenvalue weighted by Crippen LogP contribution is 2.29. The molecule has 1 atom stereocenters. The van der Waals surface area contributed by atoms with Gasteiger partial charge in [-0.25, -0.2) is 4.98 Å². The third-order valence-corrected chi connectivity index (χ3v) is 5.92. The minimum Gasteiger partial charge on any atom is -0.330 e. The first-order valence-corrected chi connectivity index (χ1v) is 9.23. The molecule has 0 bridgehead atoms. The fourth-order valence-corrected chi connectivity index (χ4v) is 4.50. The van der Waals surface area contributed by atoms with E-state index in [0.717, 1.165) is 36.1 Å². The second-order valence-electron chi connectivity index (χ2n) is 6.37. The fourth-order valence-electron chi connectivity index (χ4n) is 3.68. The van der Waals surface area contributed by atoms with Crippen molar-refractivity contribution in [3.63, 3.8) is 0 Å². The van der Waals surface area contributed by atoms with Crippen LogP contribution in [0.1, 0.15) is 53.6 Å². The summed E-state index contributed by atoms with van der Waals surface area (Å²) in [7, 11) is 0. The Morgan fingerprint density at radius 1 is 1.23 bits per heavy atom. The van der Waals surface area contributed by atoms with E-state index >= 15 is 0 Å². The number of nitrogens with zero attached hydrogens (tertiary/aromatic N) is 5. The van der Waals surface area contributed by atoms with Gasteiger partial charge in [-0.05, 0) is 38.5 Å². The lowest BCUT2D eigenvalue weighted by Gasteiger charge is -2.19. The molecule has 0 aromatic carbocycles. The molecule has 0 amide bonds. The van der Waals surface area contributed by atoms with Gasteiger partial charge in [-0.1, -0.05) is 6.92 Å². The van der Waals surface area contributed by atoms with Crippen LogP contribution in [0, 0.1) is 0 Å². The third kappa shape index (κ3) is 2.70. The molecular formula is C16H23N5S. The fraction of sp³-hybridized carbons (Fsp3) is 0.688. The Morgan fingerprint density at radius 3 is 2.95 bits per heavy atom. The van der Waals surface area contributed by atoms with Crippen molar-refractivity contribution in [3.05, 3.63) is 27.7 Å². The van der Waals surface area contributed by atoms with E-state index in [1.165, 1.54) is 43.5 Å². The molecule has 4 rings (SSSR count). The van der Waals surface area contributed by atoms with Crippen LogP contribution < -0.4 is 0 Å². The number of rotatable bonds is 4. The molecule has 1 fully saturated rings. The smallest absolute Gasteiger partial charge is 0.131 e. The Kier molecular flexibility index (Phi) is 3.96. The maximum Gasteiger partial charge on any atom is 0.131 e. The molecule has 0 N–H and O–H groups in total. The maximum atomic E-state index is 4.65. The average Bonchev–Trinajstić information content (AvgIpc) is 3.26. The summed E-state index contributed by atoms with van der Waals surface area (Å²) in [4.78, 5) is 7.16. The highest BCUT2D eigenvalue weighted by Gasteiger charge is 2.27. The molecule has 2 aromatic heterocycles. The molecule has 1 saturated heterocycles. The van der Waals surface area contributed by atoms with Gasteiger partial charge in [-0.15, -0.1) is 21.5 Å². The lowest BCUT2D eigenvalue weighted by atomic mass is 10.0. The van der Waals surface area contributed by atoms with Crippen LogP contribution in [0.4, 0.5) is 0 Å². The predicted molar refractivity (Wildman–Crippen MR) is 87.1 cm³/mol. The Hall–Kier alpha value is -1.27. The normalized spacial score (nSPS) is 22.1. The van der Waals surface area contributed by atoms with Crippen LogP contribution >= 0.6 is 11.3 Å². The summed E-state index contributed by atoms with van der Waals surface area (Å²) in [5, 5.41) is 10.9. The van der Waals surface area contributed by atoms with E-state index in [1.807, 2.05) is 0 Å². The largest absolute Gasteiger partial charge is 0.330 e. The first-order valence-electron chi connectivity index (χ1n) is 8.41. The Labute approximate surface area is 135 Å². The molecule has 1 aliphatic heterocycles. The molecule has 0 saturated carbocycles. The van der Waals surface area contributed by atoms with Crippen molar-refractivity contribution >= 4 is 11.3 Å². The number of imidazole rings is 1. The number of hydrogen-bond acceptors (Lipinski definition) is 5. The number of hydrogen-bond donors (Lipinski definition) is 0. The Bertz CT molecular complexity index is 647. The van der Waals surface area contributed by atoms with Gasteiger partial charge >= 0.3 is 0 Å². The summed E-state index contributed by atoms with van der Waals surface area (Å²) in [6.45, 7) is 5.35. The van der Waals surface area contributed by atoms with Gasteiger partial charge < -0.3 is 4.57 Å². The van der Waals surface area contributed by atoms with E-state index in [0.29, 0.717) is 6.04 Å². The zero-order valence-corrected chi connectivity index (χ0v) is 14.0. The van der Waals surface area contributed by atoms with Crippen LogP contribution in [-0.4, -0.2) is 37.7 Å². The van der Waals surface area contributed by atoms with Crippen LogP contribution in [0.2, 0.25) is 0 Å². The SMILES string of the molecule is CCc1nnc(CN2CC[C@@H](n3cnc4c3CCCC4)C2)s1. The summed E-state index contributed by atoms with van der Waals surface area (Å²) in [5.74, 6) is 0.